The summed E-state index contributed by atoms with van der Waals surface area (Å²) in [7, 11) is 2.06. The monoisotopic (exact) mass is 265 g/mol. The van der Waals surface area contributed by atoms with Crippen LogP contribution in [0.3, 0.4) is 0 Å². The van der Waals surface area contributed by atoms with E-state index in [0.29, 0.717) is 18.1 Å². The molecule has 2 heterocycles. The summed E-state index contributed by atoms with van der Waals surface area (Å²) in [5, 5.41) is 3.66. The Kier molecular flexibility index (Phi) is 5.40. The molecule has 0 aliphatic carbocycles. The molecule has 2 rings (SSSR count). The Hall–Kier alpha value is -0.870. The third-order valence-electron chi connectivity index (χ3n) is 4.10. The fourth-order valence-corrected chi connectivity index (χ4v) is 2.87. The lowest BCUT2D eigenvalue weighted by Crippen LogP contribution is -2.43. The summed E-state index contributed by atoms with van der Waals surface area (Å²) in [4.78, 5) is 4.41. The molecular formula is C15H27N3O. The number of rotatable bonds is 7. The molecule has 0 radical (unpaired) electrons. The molecule has 1 aromatic rings. The standard InChI is InChI=1S/C15H27N3O/c1-4-8-16-13(15-12(2)7-11-19-15)5-6-14-17-9-10-18(14)3/h9-10,12-13,15-16H,4-8,11H2,1-3H3. The van der Waals surface area contributed by atoms with E-state index in [9.17, 15) is 0 Å². The van der Waals surface area contributed by atoms with Crippen LogP contribution >= 0.6 is 0 Å². The predicted molar refractivity (Wildman–Crippen MR) is 77.1 cm³/mol. The van der Waals surface area contributed by atoms with Crippen molar-refractivity contribution in [2.75, 3.05) is 13.2 Å². The molecule has 1 saturated heterocycles. The molecule has 1 aromatic heterocycles. The summed E-state index contributed by atoms with van der Waals surface area (Å²) in [5.74, 6) is 1.82. The smallest absolute Gasteiger partial charge is 0.108 e. The molecular weight excluding hydrogens is 238 g/mol. The van der Waals surface area contributed by atoms with E-state index in [0.717, 1.165) is 31.8 Å². The first kappa shape index (κ1) is 14.5. The summed E-state index contributed by atoms with van der Waals surface area (Å²) in [6.07, 6.45) is 8.72. The number of aryl methyl sites for hydroxylation is 2. The van der Waals surface area contributed by atoms with Gasteiger partial charge >= 0.3 is 0 Å². The van der Waals surface area contributed by atoms with Gasteiger partial charge in [-0.2, -0.15) is 0 Å². The van der Waals surface area contributed by atoms with Crippen molar-refractivity contribution in [1.29, 1.82) is 0 Å². The van der Waals surface area contributed by atoms with Crippen LogP contribution in [-0.2, 0) is 18.2 Å². The highest BCUT2D eigenvalue weighted by Crippen LogP contribution is 2.25. The molecule has 1 fully saturated rings. The highest BCUT2D eigenvalue weighted by Gasteiger charge is 2.31. The second-order valence-electron chi connectivity index (χ2n) is 5.66. The topological polar surface area (TPSA) is 39.1 Å². The highest BCUT2D eigenvalue weighted by molar-refractivity contribution is 4.94. The number of nitrogens with one attached hydrogen (secondary N) is 1. The van der Waals surface area contributed by atoms with Gasteiger partial charge < -0.3 is 14.6 Å². The largest absolute Gasteiger partial charge is 0.376 e. The van der Waals surface area contributed by atoms with Crippen molar-refractivity contribution in [2.45, 2.75) is 51.7 Å². The van der Waals surface area contributed by atoms with Gasteiger partial charge in [0.05, 0.1) is 6.10 Å². The van der Waals surface area contributed by atoms with Crippen LogP contribution in [0.2, 0.25) is 0 Å². The van der Waals surface area contributed by atoms with Crippen LogP contribution in [0.15, 0.2) is 12.4 Å². The van der Waals surface area contributed by atoms with E-state index in [1.807, 2.05) is 12.4 Å². The Morgan fingerprint density at radius 2 is 2.42 bits per heavy atom. The van der Waals surface area contributed by atoms with Crippen molar-refractivity contribution < 1.29 is 4.74 Å². The molecule has 19 heavy (non-hydrogen) atoms. The molecule has 4 heteroatoms. The number of hydrogen-bond acceptors (Lipinski definition) is 3. The van der Waals surface area contributed by atoms with E-state index in [-0.39, 0.29) is 0 Å². The number of hydrogen-bond donors (Lipinski definition) is 1. The Bertz CT molecular complexity index is 377. The van der Waals surface area contributed by atoms with Crippen molar-refractivity contribution in [3.8, 4) is 0 Å². The van der Waals surface area contributed by atoms with Gasteiger partial charge in [0.1, 0.15) is 5.82 Å². The maximum Gasteiger partial charge on any atom is 0.108 e. The first-order valence-electron chi connectivity index (χ1n) is 7.53. The molecule has 3 atom stereocenters. The predicted octanol–water partition coefficient (Wildman–Crippen LogP) is 2.15. The lowest BCUT2D eigenvalue weighted by molar-refractivity contribution is 0.0581. The van der Waals surface area contributed by atoms with E-state index < -0.39 is 0 Å². The average molecular weight is 265 g/mol. The SMILES string of the molecule is CCCNC(CCc1nccn1C)C1OCCC1C. The zero-order chi connectivity index (χ0) is 13.7. The van der Waals surface area contributed by atoms with Crippen LogP contribution in [-0.4, -0.2) is 34.8 Å². The minimum Gasteiger partial charge on any atom is -0.376 e. The van der Waals surface area contributed by atoms with E-state index in [2.05, 4.69) is 35.8 Å². The summed E-state index contributed by atoms with van der Waals surface area (Å²) in [6, 6.07) is 0.453. The lowest BCUT2D eigenvalue weighted by atomic mass is 9.94. The molecule has 3 unspecified atom stereocenters. The van der Waals surface area contributed by atoms with E-state index in [4.69, 9.17) is 4.74 Å². The lowest BCUT2D eigenvalue weighted by Gasteiger charge is -2.27. The minimum absolute atomic E-state index is 0.367. The minimum atomic E-state index is 0.367. The third-order valence-corrected chi connectivity index (χ3v) is 4.10. The average Bonchev–Trinajstić information content (AvgIpc) is 2.99. The van der Waals surface area contributed by atoms with Crippen molar-refractivity contribution >= 4 is 0 Å². The molecule has 0 spiro atoms. The van der Waals surface area contributed by atoms with Gasteiger partial charge in [0.25, 0.3) is 0 Å². The number of ether oxygens (including phenoxy) is 1. The summed E-state index contributed by atoms with van der Waals surface area (Å²) < 4.78 is 8.04. The number of aromatic nitrogens is 2. The zero-order valence-electron chi connectivity index (χ0n) is 12.4. The van der Waals surface area contributed by atoms with Crippen molar-refractivity contribution in [2.24, 2.45) is 13.0 Å². The van der Waals surface area contributed by atoms with E-state index >= 15 is 0 Å². The molecule has 0 bridgehead atoms. The van der Waals surface area contributed by atoms with Gasteiger partial charge in [-0.25, -0.2) is 4.98 Å². The molecule has 0 amide bonds. The van der Waals surface area contributed by atoms with Crippen LogP contribution in [0.25, 0.3) is 0 Å². The Morgan fingerprint density at radius 3 is 3.00 bits per heavy atom. The molecule has 1 N–H and O–H groups in total. The van der Waals surface area contributed by atoms with E-state index in [1.54, 1.807) is 0 Å². The van der Waals surface area contributed by atoms with Gasteiger partial charge in [0, 0.05) is 38.5 Å². The normalized spacial score (nSPS) is 24.8. The van der Waals surface area contributed by atoms with E-state index in [1.165, 1.54) is 12.8 Å². The van der Waals surface area contributed by atoms with Crippen LogP contribution < -0.4 is 5.32 Å². The van der Waals surface area contributed by atoms with Crippen molar-refractivity contribution in [1.82, 2.24) is 14.9 Å². The zero-order valence-corrected chi connectivity index (χ0v) is 12.4. The first-order chi connectivity index (χ1) is 9.22. The second kappa shape index (κ2) is 7.06. The maximum absolute atomic E-state index is 5.93. The van der Waals surface area contributed by atoms with Crippen molar-refractivity contribution in [3.05, 3.63) is 18.2 Å². The summed E-state index contributed by atoms with van der Waals surface area (Å²) >= 11 is 0. The van der Waals surface area contributed by atoms with Crippen LogP contribution in [0.1, 0.15) is 38.9 Å². The van der Waals surface area contributed by atoms with Crippen LogP contribution in [0.5, 0.6) is 0 Å². The Labute approximate surface area is 116 Å². The summed E-state index contributed by atoms with van der Waals surface area (Å²) in [6.45, 7) is 6.50. The van der Waals surface area contributed by atoms with Crippen LogP contribution in [0.4, 0.5) is 0 Å². The molecule has 0 saturated carbocycles. The fourth-order valence-electron chi connectivity index (χ4n) is 2.87. The fraction of sp³-hybridized carbons (Fsp3) is 0.800. The quantitative estimate of drug-likeness (QED) is 0.821. The van der Waals surface area contributed by atoms with Gasteiger partial charge in [-0.1, -0.05) is 13.8 Å². The van der Waals surface area contributed by atoms with Gasteiger partial charge in [-0.15, -0.1) is 0 Å². The van der Waals surface area contributed by atoms with Crippen LogP contribution in [0, 0.1) is 5.92 Å². The molecule has 1 aliphatic heterocycles. The van der Waals surface area contributed by atoms with Gasteiger partial charge in [0.2, 0.25) is 0 Å². The third kappa shape index (κ3) is 3.80. The maximum atomic E-state index is 5.93. The first-order valence-corrected chi connectivity index (χ1v) is 7.53. The highest BCUT2D eigenvalue weighted by atomic mass is 16.5. The molecule has 0 aromatic carbocycles. The molecule has 108 valence electrons. The molecule has 4 nitrogen and oxygen atoms in total. The van der Waals surface area contributed by atoms with Gasteiger partial charge in [-0.3, -0.25) is 0 Å². The van der Waals surface area contributed by atoms with Gasteiger partial charge in [-0.05, 0) is 31.7 Å². The summed E-state index contributed by atoms with van der Waals surface area (Å²) in [5.41, 5.74) is 0. The second-order valence-corrected chi connectivity index (χ2v) is 5.66. The molecule has 1 aliphatic rings. The van der Waals surface area contributed by atoms with Gasteiger partial charge in [0.15, 0.2) is 0 Å². The number of imidazole rings is 1. The van der Waals surface area contributed by atoms with Crippen molar-refractivity contribution in [3.63, 3.8) is 0 Å². The Morgan fingerprint density at radius 1 is 1.58 bits per heavy atom. The Balaban J connectivity index is 1.91. The number of nitrogens with zero attached hydrogens (tertiary/aromatic N) is 2.